The molecule has 0 saturated carbocycles. The van der Waals surface area contributed by atoms with Crippen LogP contribution in [-0.2, 0) is 20.9 Å². The van der Waals surface area contributed by atoms with E-state index in [1.165, 1.54) is 19.2 Å². The normalized spacial score (nSPS) is 16.2. The molecule has 2 aromatic rings. The third kappa shape index (κ3) is 4.46. The molecule has 2 amide bonds. The first kappa shape index (κ1) is 20.5. The fraction of sp³-hybridized carbons (Fsp3) is 0.318. The van der Waals surface area contributed by atoms with Gasteiger partial charge in [-0.3, -0.25) is 9.59 Å². The van der Waals surface area contributed by atoms with Gasteiger partial charge in [0.05, 0.1) is 18.1 Å². The van der Waals surface area contributed by atoms with Crippen LogP contribution in [0.4, 0.5) is 11.4 Å². The number of aromatic carboxylic acids is 1. The number of hydrogen-bond acceptors (Lipinski definition) is 4. The molecule has 0 spiro atoms. The lowest BCUT2D eigenvalue weighted by Crippen LogP contribution is -2.28. The standard InChI is InChI=1S/C22H24N2O5/c1-13-5-4-6-19(14(13)2)24-11-17(10-20(24)25)21(26)23-18-8-15(12-29-3)7-16(9-18)22(27)28/h4-9,17H,10-12H2,1-3H3,(H,23,26)(H,27,28). The van der Waals surface area contributed by atoms with Gasteiger partial charge in [-0.2, -0.15) is 0 Å². The highest BCUT2D eigenvalue weighted by Crippen LogP contribution is 2.30. The van der Waals surface area contributed by atoms with Gasteiger partial charge in [0.25, 0.3) is 0 Å². The topological polar surface area (TPSA) is 95.9 Å². The maximum absolute atomic E-state index is 12.8. The summed E-state index contributed by atoms with van der Waals surface area (Å²) in [6.07, 6.45) is 0.114. The number of rotatable bonds is 6. The SMILES string of the molecule is COCc1cc(NC(=O)C2CC(=O)N(c3cccc(C)c3C)C2)cc(C(=O)O)c1. The van der Waals surface area contributed by atoms with Crippen LogP contribution in [0.3, 0.4) is 0 Å². The number of carbonyl (C=O) groups is 3. The maximum atomic E-state index is 12.8. The Bertz CT molecular complexity index is 970. The average Bonchev–Trinajstić information content (AvgIpc) is 3.06. The van der Waals surface area contributed by atoms with Crippen molar-refractivity contribution in [2.24, 2.45) is 5.92 Å². The number of benzene rings is 2. The first-order valence-corrected chi connectivity index (χ1v) is 9.33. The van der Waals surface area contributed by atoms with Gasteiger partial charge in [0.2, 0.25) is 11.8 Å². The molecule has 29 heavy (non-hydrogen) atoms. The molecule has 0 aliphatic carbocycles. The van der Waals surface area contributed by atoms with Gasteiger partial charge in [0, 0.05) is 31.5 Å². The second-order valence-corrected chi connectivity index (χ2v) is 7.27. The van der Waals surface area contributed by atoms with Crippen molar-refractivity contribution >= 4 is 29.2 Å². The number of methoxy groups -OCH3 is 1. The van der Waals surface area contributed by atoms with Crippen molar-refractivity contribution in [2.75, 3.05) is 23.9 Å². The predicted molar refractivity (Wildman–Crippen MR) is 109 cm³/mol. The largest absolute Gasteiger partial charge is 0.478 e. The Morgan fingerprint density at radius 3 is 2.69 bits per heavy atom. The molecular formula is C22H24N2O5. The molecule has 1 heterocycles. The minimum absolute atomic E-state index is 0.0642. The first-order valence-electron chi connectivity index (χ1n) is 9.33. The summed E-state index contributed by atoms with van der Waals surface area (Å²) in [5, 5.41) is 12.0. The first-order chi connectivity index (χ1) is 13.8. The summed E-state index contributed by atoms with van der Waals surface area (Å²) in [4.78, 5) is 38.3. The van der Waals surface area contributed by atoms with Gasteiger partial charge < -0.3 is 20.1 Å². The van der Waals surface area contributed by atoms with Gasteiger partial charge in [-0.15, -0.1) is 0 Å². The molecule has 1 aliphatic rings. The number of carbonyl (C=O) groups excluding carboxylic acids is 2. The number of ether oxygens (including phenoxy) is 1. The molecule has 152 valence electrons. The molecule has 1 fully saturated rings. The summed E-state index contributed by atoms with van der Waals surface area (Å²) in [6.45, 7) is 4.46. The molecule has 1 aliphatic heterocycles. The van der Waals surface area contributed by atoms with E-state index in [2.05, 4.69) is 5.32 Å². The molecule has 1 atom stereocenters. The molecule has 0 radical (unpaired) electrons. The van der Waals surface area contributed by atoms with Gasteiger partial charge in [0.15, 0.2) is 0 Å². The van der Waals surface area contributed by atoms with E-state index in [-0.39, 0.29) is 30.4 Å². The predicted octanol–water partition coefficient (Wildman–Crippen LogP) is 3.14. The maximum Gasteiger partial charge on any atom is 0.335 e. The van der Waals surface area contributed by atoms with Gasteiger partial charge in [-0.25, -0.2) is 4.79 Å². The zero-order valence-corrected chi connectivity index (χ0v) is 16.7. The lowest BCUT2D eigenvalue weighted by Gasteiger charge is -2.20. The van der Waals surface area contributed by atoms with E-state index in [1.54, 1.807) is 11.0 Å². The Hall–Kier alpha value is -3.19. The van der Waals surface area contributed by atoms with Gasteiger partial charge in [-0.05, 0) is 54.8 Å². The Balaban J connectivity index is 1.77. The number of anilines is 2. The quantitative estimate of drug-likeness (QED) is 0.782. The molecule has 3 rings (SSSR count). The van der Waals surface area contributed by atoms with Gasteiger partial charge in [-0.1, -0.05) is 12.1 Å². The highest BCUT2D eigenvalue weighted by Gasteiger charge is 2.35. The zero-order chi connectivity index (χ0) is 21.1. The number of hydrogen-bond donors (Lipinski definition) is 2. The number of aryl methyl sites for hydroxylation is 1. The fourth-order valence-corrected chi connectivity index (χ4v) is 3.53. The van der Waals surface area contributed by atoms with Gasteiger partial charge in [0.1, 0.15) is 0 Å². The summed E-state index contributed by atoms with van der Waals surface area (Å²) >= 11 is 0. The van der Waals surface area contributed by atoms with E-state index >= 15 is 0 Å². The van der Waals surface area contributed by atoms with Crippen LogP contribution in [0.25, 0.3) is 0 Å². The average molecular weight is 396 g/mol. The third-order valence-electron chi connectivity index (χ3n) is 5.18. The molecule has 0 bridgehead atoms. The highest BCUT2D eigenvalue weighted by atomic mass is 16.5. The number of nitrogens with one attached hydrogen (secondary N) is 1. The van der Waals surface area contributed by atoms with Crippen LogP contribution in [0.2, 0.25) is 0 Å². The fourth-order valence-electron chi connectivity index (χ4n) is 3.53. The molecule has 2 N–H and O–H groups in total. The highest BCUT2D eigenvalue weighted by molar-refractivity contribution is 6.04. The summed E-state index contributed by atoms with van der Waals surface area (Å²) in [6, 6.07) is 10.3. The number of nitrogens with zero attached hydrogens (tertiary/aromatic N) is 1. The number of carboxylic acids is 1. The molecule has 0 aromatic heterocycles. The van der Waals surface area contributed by atoms with E-state index in [4.69, 9.17) is 4.74 Å². The Kier molecular flexibility index (Phi) is 5.98. The van der Waals surface area contributed by atoms with E-state index in [1.807, 2.05) is 32.0 Å². The van der Waals surface area contributed by atoms with Crippen molar-refractivity contribution in [1.29, 1.82) is 0 Å². The van der Waals surface area contributed by atoms with Crippen molar-refractivity contribution in [3.05, 3.63) is 58.7 Å². The van der Waals surface area contributed by atoms with Crippen LogP contribution in [0.15, 0.2) is 36.4 Å². The van der Waals surface area contributed by atoms with Crippen molar-refractivity contribution in [3.8, 4) is 0 Å². The lowest BCUT2D eigenvalue weighted by molar-refractivity contribution is -0.122. The van der Waals surface area contributed by atoms with Crippen LogP contribution in [0.1, 0.15) is 33.5 Å². The molecule has 1 saturated heterocycles. The molecule has 2 aromatic carbocycles. The molecule has 1 unspecified atom stereocenters. The van der Waals surface area contributed by atoms with Crippen LogP contribution in [-0.4, -0.2) is 36.5 Å². The summed E-state index contributed by atoms with van der Waals surface area (Å²) in [5.74, 6) is -2.01. The Labute approximate surface area is 169 Å². The van der Waals surface area contributed by atoms with Gasteiger partial charge >= 0.3 is 5.97 Å². The molecule has 7 nitrogen and oxygen atoms in total. The number of amides is 2. The van der Waals surface area contributed by atoms with Crippen LogP contribution in [0.5, 0.6) is 0 Å². The second-order valence-electron chi connectivity index (χ2n) is 7.27. The molecular weight excluding hydrogens is 372 g/mol. The third-order valence-corrected chi connectivity index (χ3v) is 5.18. The van der Waals surface area contributed by atoms with Crippen LogP contribution < -0.4 is 10.2 Å². The van der Waals surface area contributed by atoms with Crippen LogP contribution in [0, 0.1) is 19.8 Å². The zero-order valence-electron chi connectivity index (χ0n) is 16.7. The minimum atomic E-state index is -1.09. The van der Waals surface area contributed by atoms with Crippen molar-refractivity contribution in [2.45, 2.75) is 26.9 Å². The Morgan fingerprint density at radius 1 is 1.24 bits per heavy atom. The van der Waals surface area contributed by atoms with E-state index in [9.17, 15) is 19.5 Å². The van der Waals surface area contributed by atoms with Crippen molar-refractivity contribution in [1.82, 2.24) is 0 Å². The number of carboxylic acid groups (broad SMARTS) is 1. The van der Waals surface area contributed by atoms with Crippen molar-refractivity contribution < 1.29 is 24.2 Å². The van der Waals surface area contributed by atoms with Crippen LogP contribution >= 0.6 is 0 Å². The van der Waals surface area contributed by atoms with E-state index < -0.39 is 11.9 Å². The second kappa shape index (κ2) is 8.45. The van der Waals surface area contributed by atoms with E-state index in [0.717, 1.165) is 16.8 Å². The summed E-state index contributed by atoms with van der Waals surface area (Å²) < 4.78 is 5.06. The van der Waals surface area contributed by atoms with E-state index in [0.29, 0.717) is 17.8 Å². The Morgan fingerprint density at radius 2 is 2.00 bits per heavy atom. The summed E-state index contributed by atoms with van der Waals surface area (Å²) in [5.41, 5.74) is 4.00. The molecule has 7 heteroatoms. The summed E-state index contributed by atoms with van der Waals surface area (Å²) in [7, 11) is 1.51. The van der Waals surface area contributed by atoms with Crippen molar-refractivity contribution in [3.63, 3.8) is 0 Å². The minimum Gasteiger partial charge on any atom is -0.478 e. The smallest absolute Gasteiger partial charge is 0.335 e. The lowest BCUT2D eigenvalue weighted by atomic mass is 10.1. The monoisotopic (exact) mass is 396 g/mol.